The molecule has 0 unspecified atom stereocenters. The molecule has 0 saturated heterocycles. The number of nitrogens with zero attached hydrogens (tertiary/aromatic N) is 4. The Morgan fingerprint density at radius 2 is 1.84 bits per heavy atom. The maximum absolute atomic E-state index is 15.7. The normalized spacial score (nSPS) is 21.0. The molecule has 3 aromatic heterocycles. The van der Waals surface area contributed by atoms with Crippen LogP contribution < -0.4 is 10.9 Å². The summed E-state index contributed by atoms with van der Waals surface area (Å²) in [6, 6.07) is 8.59. The number of fused-ring (bicyclic) bond motifs is 1. The number of amides is 1. The molecule has 9 heteroatoms. The number of halogens is 2. The first-order chi connectivity index (χ1) is 20.4. The van der Waals surface area contributed by atoms with Crippen molar-refractivity contribution in [2.75, 3.05) is 5.32 Å². The van der Waals surface area contributed by atoms with Crippen LogP contribution in [0.15, 0.2) is 47.5 Å². The number of benzene rings is 1. The van der Waals surface area contributed by atoms with Crippen molar-refractivity contribution in [1.29, 1.82) is 0 Å². The fraction of sp³-hybridized carbons (Fsp3) is 0.412. The lowest BCUT2D eigenvalue weighted by Crippen LogP contribution is -2.23. The molecule has 43 heavy (non-hydrogen) atoms. The van der Waals surface area contributed by atoms with E-state index >= 15 is 4.39 Å². The number of aromatic nitrogens is 4. The Morgan fingerprint density at radius 3 is 2.58 bits per heavy atom. The summed E-state index contributed by atoms with van der Waals surface area (Å²) in [5.41, 5.74) is 5.72. The van der Waals surface area contributed by atoms with Crippen molar-refractivity contribution in [3.63, 3.8) is 0 Å². The Bertz CT molecular complexity index is 1890. The molecule has 0 radical (unpaired) electrons. The van der Waals surface area contributed by atoms with Gasteiger partial charge in [-0.3, -0.25) is 23.8 Å². The molecule has 4 heterocycles. The minimum atomic E-state index is -0.560. The number of nitrogens with one attached hydrogen (secondary N) is 1. The molecule has 222 valence electrons. The molecule has 2 atom stereocenters. The highest BCUT2D eigenvalue weighted by molar-refractivity contribution is 6.31. The molecule has 0 bridgehead atoms. The Hall–Kier alpha value is -3.78. The lowest BCUT2D eigenvalue weighted by atomic mass is 9.89. The number of carbonyl (C=O) groups is 1. The van der Waals surface area contributed by atoms with Gasteiger partial charge in [-0.25, -0.2) is 4.39 Å². The first-order valence-electron chi connectivity index (χ1n) is 14.9. The lowest BCUT2D eigenvalue weighted by molar-refractivity contribution is -0.120. The second-order valence-electron chi connectivity index (χ2n) is 13.7. The van der Waals surface area contributed by atoms with Crippen molar-refractivity contribution in [2.24, 2.45) is 10.8 Å². The molecule has 7 nitrogen and oxygen atoms in total. The van der Waals surface area contributed by atoms with Gasteiger partial charge in [-0.15, -0.1) is 0 Å². The van der Waals surface area contributed by atoms with Crippen molar-refractivity contribution in [3.05, 3.63) is 92.0 Å². The zero-order valence-corrected chi connectivity index (χ0v) is 25.8. The Balaban J connectivity index is 1.21. The summed E-state index contributed by atoms with van der Waals surface area (Å²) >= 11 is 6.82. The van der Waals surface area contributed by atoms with Crippen LogP contribution >= 0.6 is 11.6 Å². The van der Waals surface area contributed by atoms with Gasteiger partial charge in [-0.2, -0.15) is 5.10 Å². The van der Waals surface area contributed by atoms with Crippen LogP contribution in [-0.2, 0) is 17.8 Å². The van der Waals surface area contributed by atoms with Gasteiger partial charge in [0, 0.05) is 35.1 Å². The van der Waals surface area contributed by atoms with Crippen LogP contribution in [0.3, 0.4) is 0 Å². The Labute approximate surface area is 255 Å². The van der Waals surface area contributed by atoms with E-state index in [1.54, 1.807) is 35.0 Å². The van der Waals surface area contributed by atoms with Crippen molar-refractivity contribution < 1.29 is 9.18 Å². The number of hydrogen-bond donors (Lipinski definition) is 1. The topological polar surface area (TPSA) is 81.8 Å². The van der Waals surface area contributed by atoms with Crippen LogP contribution in [-0.4, -0.2) is 25.2 Å². The minimum Gasteiger partial charge on any atom is -0.323 e. The Kier molecular flexibility index (Phi) is 6.26. The summed E-state index contributed by atoms with van der Waals surface area (Å²) in [6.45, 7) is 11.1. The molecular weight excluding hydrogens is 565 g/mol. The number of rotatable bonds is 6. The number of aryl methyl sites for hydroxylation is 2. The molecule has 0 spiro atoms. The number of pyridine rings is 2. The molecule has 1 N–H and O–H groups in total. The van der Waals surface area contributed by atoms with Crippen molar-refractivity contribution >= 4 is 23.2 Å². The summed E-state index contributed by atoms with van der Waals surface area (Å²) in [5.74, 6) is -0.269. The first-order valence-corrected chi connectivity index (χ1v) is 15.3. The van der Waals surface area contributed by atoms with Crippen LogP contribution in [0.5, 0.6) is 0 Å². The van der Waals surface area contributed by atoms with E-state index in [9.17, 15) is 9.59 Å². The van der Waals surface area contributed by atoms with Gasteiger partial charge in [0.2, 0.25) is 5.91 Å². The van der Waals surface area contributed by atoms with E-state index in [-0.39, 0.29) is 39.1 Å². The maximum Gasteiger partial charge on any atom is 0.274 e. The first kappa shape index (κ1) is 28.0. The van der Waals surface area contributed by atoms with Crippen LogP contribution in [0.4, 0.5) is 10.1 Å². The monoisotopic (exact) mass is 599 g/mol. The number of hydrogen-bond acceptors (Lipinski definition) is 4. The largest absolute Gasteiger partial charge is 0.323 e. The molecule has 2 saturated carbocycles. The van der Waals surface area contributed by atoms with Gasteiger partial charge in [-0.1, -0.05) is 38.4 Å². The lowest BCUT2D eigenvalue weighted by Gasteiger charge is -2.17. The summed E-state index contributed by atoms with van der Waals surface area (Å²) in [5, 5.41) is 7.59. The zero-order valence-electron chi connectivity index (χ0n) is 25.1. The van der Waals surface area contributed by atoms with E-state index in [2.05, 4.69) is 33.9 Å². The summed E-state index contributed by atoms with van der Waals surface area (Å²) in [4.78, 5) is 30.9. The summed E-state index contributed by atoms with van der Waals surface area (Å²) in [6.07, 6.45) is 7.15. The highest BCUT2D eigenvalue weighted by Crippen LogP contribution is 2.57. The number of carbonyl (C=O) groups excluding carboxylic acids is 1. The molecule has 1 aliphatic heterocycles. The van der Waals surface area contributed by atoms with Gasteiger partial charge >= 0.3 is 0 Å². The van der Waals surface area contributed by atoms with E-state index in [1.807, 2.05) is 33.0 Å². The van der Waals surface area contributed by atoms with E-state index in [0.29, 0.717) is 17.3 Å². The van der Waals surface area contributed by atoms with Crippen molar-refractivity contribution in [2.45, 2.75) is 78.7 Å². The van der Waals surface area contributed by atoms with E-state index in [1.165, 1.54) is 11.3 Å². The van der Waals surface area contributed by atoms with E-state index < -0.39 is 11.2 Å². The molecule has 1 amide bonds. The number of anilines is 1. The second-order valence-corrected chi connectivity index (χ2v) is 14.1. The predicted molar refractivity (Wildman–Crippen MR) is 165 cm³/mol. The maximum atomic E-state index is 15.7. The Morgan fingerprint density at radius 1 is 1.09 bits per heavy atom. The smallest absolute Gasteiger partial charge is 0.274 e. The third-order valence-electron chi connectivity index (χ3n) is 9.54. The van der Waals surface area contributed by atoms with Crippen LogP contribution in [0.1, 0.15) is 79.9 Å². The fourth-order valence-corrected chi connectivity index (χ4v) is 6.86. The fourth-order valence-electron chi connectivity index (χ4n) is 6.58. The van der Waals surface area contributed by atoms with Crippen LogP contribution in [0.25, 0.3) is 16.9 Å². The van der Waals surface area contributed by atoms with Gasteiger partial charge in [0.25, 0.3) is 5.56 Å². The van der Waals surface area contributed by atoms with Crippen LogP contribution in [0, 0.1) is 30.5 Å². The standard InChI is InChI=1S/C34H35ClFN5O2/c1-18-15-37-26(20-7-6-8-25(30(20)36)39-32(43)34(5)9-10-34)13-27(18)41-19(2)11-23(29(35)31(41)42)21-12-22(21)24-16-38-40-17-33(3,4)14-28(24)40/h6-8,11,13,15-16,21-22H,9-10,12,14,17H2,1-5H3,(H,39,43)/t21-,22-/m0/s1. The molecule has 2 aliphatic carbocycles. The molecule has 3 aliphatic rings. The third-order valence-corrected chi connectivity index (χ3v) is 9.92. The molecule has 7 rings (SSSR count). The van der Waals surface area contributed by atoms with Gasteiger partial charge in [0.15, 0.2) is 5.82 Å². The minimum absolute atomic E-state index is 0.118. The quantitative estimate of drug-likeness (QED) is 0.256. The van der Waals surface area contributed by atoms with Gasteiger partial charge in [-0.05, 0) is 97.7 Å². The average Bonchev–Trinajstić information content (AvgIpc) is 3.84. The highest BCUT2D eigenvalue weighted by atomic mass is 35.5. The van der Waals surface area contributed by atoms with Gasteiger partial charge < -0.3 is 5.32 Å². The van der Waals surface area contributed by atoms with Gasteiger partial charge in [0.1, 0.15) is 5.02 Å². The van der Waals surface area contributed by atoms with Crippen molar-refractivity contribution in [3.8, 4) is 16.9 Å². The average molecular weight is 600 g/mol. The summed E-state index contributed by atoms with van der Waals surface area (Å²) < 4.78 is 19.4. The SMILES string of the molecule is Cc1cnc(-c2cccc(NC(=O)C3(C)CC3)c2F)cc1-n1c(C)cc([C@H]2C[C@@H]2c2cnn3c2CC(C)(C)C3)c(Cl)c1=O. The third kappa shape index (κ3) is 4.71. The predicted octanol–water partition coefficient (Wildman–Crippen LogP) is 7.10. The van der Waals surface area contributed by atoms with E-state index in [4.69, 9.17) is 11.6 Å². The van der Waals surface area contributed by atoms with Crippen molar-refractivity contribution in [1.82, 2.24) is 19.3 Å². The van der Waals surface area contributed by atoms with E-state index in [0.717, 1.165) is 49.0 Å². The highest BCUT2D eigenvalue weighted by Gasteiger charge is 2.46. The second kappa shape index (κ2) is 9.61. The molecule has 1 aromatic carbocycles. The zero-order chi connectivity index (χ0) is 30.4. The molecular formula is C34H35ClFN5O2. The van der Waals surface area contributed by atoms with Crippen LogP contribution in [0.2, 0.25) is 5.02 Å². The molecule has 2 fully saturated rings. The molecule has 4 aromatic rings. The summed E-state index contributed by atoms with van der Waals surface area (Å²) in [7, 11) is 0. The van der Waals surface area contributed by atoms with Gasteiger partial charge in [0.05, 0.1) is 23.3 Å².